The summed E-state index contributed by atoms with van der Waals surface area (Å²) in [5.74, 6) is 0. The molecule has 7 heteroatoms. The molecule has 6 heterocycles. The second-order valence-corrected chi connectivity index (χ2v) is 27.1. The van der Waals surface area contributed by atoms with E-state index in [0.717, 1.165) is 78.2 Å². The summed E-state index contributed by atoms with van der Waals surface area (Å²) < 4.78 is 18.9. The molecule has 364 valence electrons. The molecule has 0 N–H and O–H groups in total. The van der Waals surface area contributed by atoms with Crippen molar-refractivity contribution in [3.05, 3.63) is 224 Å². The first kappa shape index (κ1) is 42.8. The summed E-state index contributed by atoms with van der Waals surface area (Å²) >= 11 is 0. The van der Waals surface area contributed by atoms with Crippen molar-refractivity contribution in [3.8, 4) is 0 Å². The van der Waals surface area contributed by atoms with Crippen molar-refractivity contribution >= 4 is 167 Å². The van der Waals surface area contributed by atoms with Gasteiger partial charge in [0.25, 0.3) is 0 Å². The fraction of sp³-hybridized carbons (Fsp3) is 0.0571. The van der Waals surface area contributed by atoms with Crippen molar-refractivity contribution in [1.82, 2.24) is 8.80 Å². The van der Waals surface area contributed by atoms with Gasteiger partial charge in [-0.05, 0) is 103 Å². The number of aryl methyl sites for hydroxylation is 1. The zero-order valence-electron chi connectivity index (χ0n) is 42.9. The van der Waals surface area contributed by atoms with Crippen molar-refractivity contribution in [2.75, 3.05) is 9.80 Å². The van der Waals surface area contributed by atoms with E-state index in [9.17, 15) is 0 Å². The largest absolute Gasteiger partial charge is 0.454 e. The Morgan fingerprint density at radius 3 is 1.18 bits per heavy atom. The number of anilines is 6. The highest BCUT2D eigenvalue weighted by atomic mass is 28.3. The summed E-state index contributed by atoms with van der Waals surface area (Å²) in [4.78, 5) is 4.73. The van der Waals surface area contributed by atoms with E-state index in [1.807, 2.05) is 0 Å². The first-order chi connectivity index (χ1) is 37.8. The molecular formula is C70H48N4O2Si. The number of para-hydroxylation sites is 8. The lowest BCUT2D eigenvalue weighted by Gasteiger charge is -2.25. The highest BCUT2D eigenvalue weighted by molar-refractivity contribution is 6.90. The number of hydrogen-bond donors (Lipinski definition) is 0. The first-order valence-electron chi connectivity index (χ1n) is 26.7. The highest BCUT2D eigenvalue weighted by Crippen LogP contribution is 2.49. The first-order valence-corrected chi connectivity index (χ1v) is 30.2. The Bertz CT molecular complexity index is 5290. The molecule has 17 aromatic rings. The van der Waals surface area contributed by atoms with Gasteiger partial charge >= 0.3 is 0 Å². The minimum absolute atomic E-state index is 0.879. The van der Waals surface area contributed by atoms with E-state index in [-0.39, 0.29) is 0 Å². The van der Waals surface area contributed by atoms with Gasteiger partial charge in [-0.25, -0.2) is 0 Å². The van der Waals surface area contributed by atoms with Crippen LogP contribution in [-0.2, 0) is 0 Å². The molecule has 0 fully saturated rings. The molecule has 77 heavy (non-hydrogen) atoms. The quantitative estimate of drug-likeness (QED) is 0.149. The fourth-order valence-corrected chi connectivity index (χ4v) is 14.9. The molecule has 0 saturated carbocycles. The van der Waals surface area contributed by atoms with Crippen LogP contribution in [0.25, 0.3) is 120 Å². The molecule has 0 unspecified atom stereocenters. The fourth-order valence-electron chi connectivity index (χ4n) is 13.4. The highest BCUT2D eigenvalue weighted by Gasteiger charge is 2.28. The van der Waals surface area contributed by atoms with Crippen LogP contribution in [0.4, 0.5) is 34.1 Å². The van der Waals surface area contributed by atoms with Crippen LogP contribution in [0, 0.1) is 6.92 Å². The van der Waals surface area contributed by atoms with E-state index >= 15 is 0 Å². The summed E-state index contributed by atoms with van der Waals surface area (Å²) in [7, 11) is -1.71. The topological polar surface area (TPSA) is 41.6 Å². The van der Waals surface area contributed by atoms with Gasteiger partial charge in [0.1, 0.15) is 11.2 Å². The van der Waals surface area contributed by atoms with E-state index in [1.54, 1.807) is 0 Å². The molecule has 0 aliphatic rings. The van der Waals surface area contributed by atoms with Crippen LogP contribution in [-0.4, -0.2) is 16.9 Å². The Hall–Kier alpha value is -9.56. The number of benzene rings is 11. The van der Waals surface area contributed by atoms with Crippen LogP contribution in [0.1, 0.15) is 5.56 Å². The molecule has 0 saturated heterocycles. The van der Waals surface area contributed by atoms with Crippen molar-refractivity contribution in [2.24, 2.45) is 0 Å². The van der Waals surface area contributed by atoms with Gasteiger partial charge in [-0.1, -0.05) is 153 Å². The Kier molecular flexibility index (Phi) is 8.49. The molecule has 0 radical (unpaired) electrons. The summed E-state index contributed by atoms with van der Waals surface area (Å²) in [6.07, 6.45) is 0. The number of rotatable bonds is 7. The minimum atomic E-state index is -1.71. The molecular weight excluding hydrogens is 957 g/mol. The Morgan fingerprint density at radius 2 is 0.701 bits per heavy atom. The molecule has 0 aliphatic carbocycles. The maximum absolute atomic E-state index is 7.04. The van der Waals surface area contributed by atoms with E-state index in [4.69, 9.17) is 8.83 Å². The molecule has 17 rings (SSSR count). The van der Waals surface area contributed by atoms with E-state index in [0.29, 0.717) is 0 Å². The third kappa shape index (κ3) is 5.78. The number of furan rings is 2. The Balaban J connectivity index is 0.851. The molecule has 0 spiro atoms. The van der Waals surface area contributed by atoms with Gasteiger partial charge in [0.15, 0.2) is 11.2 Å². The van der Waals surface area contributed by atoms with Gasteiger partial charge in [-0.2, -0.15) is 0 Å². The smallest absolute Gasteiger partial charge is 0.159 e. The average Bonchev–Trinajstić information content (AvgIpc) is 4.49. The van der Waals surface area contributed by atoms with E-state index in [2.05, 4.69) is 264 Å². The number of hydrogen-bond acceptors (Lipinski definition) is 4. The van der Waals surface area contributed by atoms with Gasteiger partial charge in [0.2, 0.25) is 0 Å². The monoisotopic (exact) mass is 1000 g/mol. The van der Waals surface area contributed by atoms with Gasteiger partial charge in [-0.15, -0.1) is 0 Å². The van der Waals surface area contributed by atoms with Gasteiger partial charge in [-0.3, -0.25) is 0 Å². The van der Waals surface area contributed by atoms with Gasteiger partial charge in [0.05, 0.1) is 52.5 Å². The molecule has 0 aliphatic heterocycles. The van der Waals surface area contributed by atoms with Crippen LogP contribution in [0.5, 0.6) is 0 Å². The summed E-state index contributed by atoms with van der Waals surface area (Å²) in [6, 6.07) is 80.2. The maximum atomic E-state index is 7.04. The predicted molar refractivity (Wildman–Crippen MR) is 327 cm³/mol. The van der Waals surface area contributed by atoms with Crippen molar-refractivity contribution in [1.29, 1.82) is 0 Å². The van der Waals surface area contributed by atoms with Gasteiger partial charge < -0.3 is 27.4 Å². The lowest BCUT2D eigenvalue weighted by molar-refractivity contribution is 0.666. The second-order valence-electron chi connectivity index (χ2n) is 22.1. The van der Waals surface area contributed by atoms with Gasteiger partial charge in [0, 0.05) is 87.4 Å². The van der Waals surface area contributed by atoms with E-state index < -0.39 is 8.07 Å². The lowest BCUT2D eigenvalue weighted by atomic mass is 10.0. The third-order valence-electron chi connectivity index (χ3n) is 16.8. The van der Waals surface area contributed by atoms with Crippen molar-refractivity contribution in [2.45, 2.75) is 26.6 Å². The number of nitrogens with zero attached hydrogens (tertiary/aromatic N) is 4. The molecule has 6 nitrogen and oxygen atoms in total. The second kappa shape index (κ2) is 15.3. The van der Waals surface area contributed by atoms with Crippen LogP contribution < -0.4 is 15.0 Å². The predicted octanol–water partition coefficient (Wildman–Crippen LogP) is 19.6. The van der Waals surface area contributed by atoms with Crippen LogP contribution >= 0.6 is 0 Å². The molecule has 11 aromatic carbocycles. The SMILES string of the molecule is Cc1cccc2c1oc1c(N(c3ccccc3)c3ccc4c(c3)c3cccc5c6cc7c(cc6n4c35)c3cccc4c5cc(N(c6ccccc6)c6cccc8c6oc6c([Si](C)(C)C)cccc68)ccc5n7c43)cccc12. The number of aromatic nitrogens is 2. The molecule has 6 aromatic heterocycles. The summed E-state index contributed by atoms with van der Waals surface area (Å²) in [6.45, 7) is 9.31. The normalized spacial score (nSPS) is 12.7. The molecule has 0 atom stereocenters. The van der Waals surface area contributed by atoms with Crippen LogP contribution in [0.15, 0.2) is 227 Å². The summed E-state index contributed by atoms with van der Waals surface area (Å²) in [5, 5.41) is 15.8. The lowest BCUT2D eigenvalue weighted by Crippen LogP contribution is -2.37. The molecule has 0 bridgehead atoms. The van der Waals surface area contributed by atoms with E-state index in [1.165, 1.54) is 86.8 Å². The van der Waals surface area contributed by atoms with Crippen LogP contribution in [0.3, 0.4) is 0 Å². The Labute approximate surface area is 443 Å². The average molecular weight is 1010 g/mol. The summed E-state index contributed by atoms with van der Waals surface area (Å²) in [5.41, 5.74) is 18.5. The third-order valence-corrected chi connectivity index (χ3v) is 18.8. The Morgan fingerprint density at radius 1 is 0.312 bits per heavy atom. The minimum Gasteiger partial charge on any atom is -0.454 e. The zero-order valence-corrected chi connectivity index (χ0v) is 43.9. The van der Waals surface area contributed by atoms with Crippen LogP contribution in [0.2, 0.25) is 19.6 Å². The number of fused-ring (bicyclic) bond motifs is 18. The maximum Gasteiger partial charge on any atom is 0.159 e. The van der Waals surface area contributed by atoms with Crippen molar-refractivity contribution in [3.63, 3.8) is 0 Å². The zero-order chi connectivity index (χ0) is 51.0. The van der Waals surface area contributed by atoms with Crippen molar-refractivity contribution < 1.29 is 8.83 Å². The standard InChI is InChI=1S/C70H48N4O2Si/c1-41-17-11-26-50-51-27-14-30-60(68(51)75-67(41)50)71(42-18-7-5-8-19-42)44-33-35-58-54(37-44)46-22-12-24-48-56-40-63-57(39-62(56)73(58)65(46)48)49-25-13-23-47-55-38-45(34-36-59(55)74(63)66(47)49)72(43-20-9-6-10-21-43)61-31-15-28-52-53-29-16-32-64(77(2,3)4)70(53)76-69(52)61/h5-40H,1-4H3. The molecule has 0 amide bonds.